The summed E-state index contributed by atoms with van der Waals surface area (Å²) in [4.78, 5) is 8.89. The quantitative estimate of drug-likeness (QED) is 0.519. The van der Waals surface area contributed by atoms with Gasteiger partial charge in [0.1, 0.15) is 0 Å². The molecule has 0 spiro atoms. The zero-order chi connectivity index (χ0) is 23.0. The Bertz CT molecular complexity index is 871. The molecule has 0 saturated carbocycles. The van der Waals surface area contributed by atoms with E-state index in [4.69, 9.17) is 28.1 Å². The van der Waals surface area contributed by atoms with Gasteiger partial charge in [-0.15, -0.1) is 0 Å². The van der Waals surface area contributed by atoms with E-state index in [9.17, 15) is 0 Å². The molecule has 8 nitrogen and oxygen atoms in total. The first-order chi connectivity index (χ1) is 14.6. The SMILES string of the molecule is COC1=NC2C=CC1/C(C)=C\C=C/2.COC1=NC2C=CC1/C=C(C)\C=C/2.[O-][Cl+3]([O-])([O-])O. The van der Waals surface area contributed by atoms with Gasteiger partial charge in [0.05, 0.1) is 53.0 Å². The number of dihydropyridines is 2. The smallest absolute Gasteiger partial charge is 0.195 e. The van der Waals surface area contributed by atoms with E-state index in [1.807, 2.05) is 0 Å². The number of hydrogen-bond acceptors (Lipinski definition) is 8. The molecule has 0 aromatic carbocycles. The van der Waals surface area contributed by atoms with Crippen molar-refractivity contribution in [1.29, 1.82) is 0 Å². The number of methoxy groups -OCH3 is 2. The van der Waals surface area contributed by atoms with Crippen molar-refractivity contribution in [2.24, 2.45) is 21.8 Å². The number of halogens is 1. The second-order valence-corrected chi connectivity index (χ2v) is 7.85. The van der Waals surface area contributed by atoms with Crippen molar-refractivity contribution >= 4 is 11.8 Å². The summed E-state index contributed by atoms with van der Waals surface area (Å²) in [6.45, 7) is 4.19. The largest absolute Gasteiger partial charge is 0.484 e. The van der Waals surface area contributed by atoms with E-state index in [2.05, 4.69) is 84.6 Å². The summed E-state index contributed by atoms with van der Waals surface area (Å²) in [6.07, 6.45) is 21.1. The first kappa shape index (κ1) is 24.8. The Balaban J connectivity index is 0.000000182. The normalized spacial score (nSPS) is 33.0. The average Bonchev–Trinajstić information content (AvgIpc) is 2.68. The molecule has 0 saturated heterocycles. The van der Waals surface area contributed by atoms with E-state index in [0.717, 1.165) is 11.8 Å². The van der Waals surface area contributed by atoms with Gasteiger partial charge in [-0.25, -0.2) is 9.98 Å². The molecule has 6 aliphatic rings. The highest BCUT2D eigenvalue weighted by molar-refractivity contribution is 5.85. The van der Waals surface area contributed by atoms with Crippen LogP contribution in [0.1, 0.15) is 13.8 Å². The average molecular weight is 451 g/mol. The standard InChI is InChI=1S/2C11H13NO.ClHO4/c1-8-3-5-10-6-4-9(7-8)11(12-10)13-2;1-8-4-3-5-9-6-7-10(8)11(12-9)13-2;2-1(3,4)5/h2*3-7,9-10H,1-2H3;(H,2,3,4,5)/b5-3-,8-7-;5-3-,8-4-;. The van der Waals surface area contributed by atoms with E-state index in [-0.39, 0.29) is 23.9 Å². The van der Waals surface area contributed by atoms with Crippen LogP contribution in [0.4, 0.5) is 0 Å². The maximum atomic E-state index is 8.60. The van der Waals surface area contributed by atoms with Gasteiger partial charge in [0.2, 0.25) is 0 Å². The van der Waals surface area contributed by atoms with Crippen molar-refractivity contribution < 1.29 is 38.4 Å². The van der Waals surface area contributed by atoms with Crippen LogP contribution in [0, 0.1) is 22.1 Å². The number of fused-ring (bicyclic) bond motifs is 2. The van der Waals surface area contributed by atoms with Gasteiger partial charge in [0.25, 0.3) is 0 Å². The molecule has 1 N–H and O–H groups in total. The molecule has 4 unspecified atom stereocenters. The summed E-state index contributed by atoms with van der Waals surface area (Å²) >= 11 is 0. The molecule has 9 heteroatoms. The summed E-state index contributed by atoms with van der Waals surface area (Å²) in [5, 5.41) is 0. The second-order valence-electron chi connectivity index (χ2n) is 7.06. The third-order valence-electron chi connectivity index (χ3n) is 4.70. The van der Waals surface area contributed by atoms with Crippen LogP contribution < -0.4 is 14.0 Å². The maximum Gasteiger partial charge on any atom is 0.195 e. The fourth-order valence-corrected chi connectivity index (χ4v) is 3.24. The molecule has 0 aromatic heterocycles. The summed E-state index contributed by atoms with van der Waals surface area (Å²) in [5.41, 5.74) is 2.54. The number of nitrogens with zero attached hydrogens (tertiary/aromatic N) is 2. The highest BCUT2D eigenvalue weighted by Gasteiger charge is 2.22. The molecule has 4 atom stereocenters. The van der Waals surface area contributed by atoms with Crippen molar-refractivity contribution in [1.82, 2.24) is 0 Å². The minimum atomic E-state index is -4.69. The lowest BCUT2D eigenvalue weighted by Gasteiger charge is -2.22. The molecule has 4 bridgehead atoms. The van der Waals surface area contributed by atoms with Crippen molar-refractivity contribution in [3.8, 4) is 0 Å². The van der Waals surface area contributed by atoms with Crippen LogP contribution in [0.15, 0.2) is 81.9 Å². The van der Waals surface area contributed by atoms with Gasteiger partial charge < -0.3 is 9.47 Å². The van der Waals surface area contributed by atoms with E-state index in [1.165, 1.54) is 11.1 Å². The number of ether oxygens (including phenoxy) is 2. The van der Waals surface area contributed by atoms with Crippen LogP contribution in [0.25, 0.3) is 0 Å². The van der Waals surface area contributed by atoms with Gasteiger partial charge in [0.15, 0.2) is 11.8 Å². The molecule has 0 fully saturated rings. The minimum Gasteiger partial charge on any atom is -0.484 e. The van der Waals surface area contributed by atoms with E-state index in [1.54, 1.807) is 14.2 Å². The van der Waals surface area contributed by atoms with E-state index < -0.39 is 10.2 Å². The first-order valence-corrected chi connectivity index (χ1v) is 10.8. The van der Waals surface area contributed by atoms with Gasteiger partial charge in [0, 0.05) is 0 Å². The highest BCUT2D eigenvalue weighted by atomic mass is 35.7. The molecular formula is C22H27ClN2O6. The Hall–Kier alpha value is -2.49. The minimum absolute atomic E-state index is 0.162. The molecule has 0 radical (unpaired) electrons. The Morgan fingerprint density at radius 3 is 2.10 bits per heavy atom. The summed E-state index contributed by atoms with van der Waals surface area (Å²) in [5.74, 6) is 2.11. The van der Waals surface area contributed by atoms with Crippen LogP contribution >= 0.6 is 0 Å². The van der Waals surface area contributed by atoms with Crippen molar-refractivity contribution in [2.75, 3.05) is 14.2 Å². The van der Waals surface area contributed by atoms with Crippen LogP contribution in [-0.2, 0) is 9.47 Å². The summed E-state index contributed by atoms with van der Waals surface area (Å²) < 4.78 is 43.2. The monoisotopic (exact) mass is 450 g/mol. The zero-order valence-corrected chi connectivity index (χ0v) is 18.6. The van der Waals surface area contributed by atoms with Gasteiger partial charge in [-0.05, 0) is 13.8 Å². The highest BCUT2D eigenvalue weighted by Crippen LogP contribution is 2.23. The number of aliphatic imine (C=N–C) groups is 2. The van der Waals surface area contributed by atoms with Gasteiger partial charge in [-0.1, -0.05) is 71.9 Å². The lowest BCUT2D eigenvalue weighted by molar-refractivity contribution is -1.92. The predicted molar refractivity (Wildman–Crippen MR) is 110 cm³/mol. The molecule has 0 amide bonds. The zero-order valence-electron chi connectivity index (χ0n) is 17.8. The van der Waals surface area contributed by atoms with Gasteiger partial charge in [-0.2, -0.15) is 14.0 Å². The van der Waals surface area contributed by atoms with Gasteiger partial charge >= 0.3 is 0 Å². The van der Waals surface area contributed by atoms with E-state index >= 15 is 0 Å². The lowest BCUT2D eigenvalue weighted by atomic mass is 9.94. The molecule has 4 aliphatic heterocycles. The third-order valence-corrected chi connectivity index (χ3v) is 4.70. The number of hydrogen-bond donors (Lipinski definition) is 1. The molecule has 31 heavy (non-hydrogen) atoms. The van der Waals surface area contributed by atoms with Crippen molar-refractivity contribution in [2.45, 2.75) is 25.9 Å². The lowest BCUT2D eigenvalue weighted by Crippen LogP contribution is -2.58. The molecular weight excluding hydrogens is 424 g/mol. The van der Waals surface area contributed by atoms with Crippen LogP contribution in [0.5, 0.6) is 0 Å². The summed E-state index contributed by atoms with van der Waals surface area (Å²) in [6, 6.07) is 0.324. The third kappa shape index (κ3) is 8.28. The van der Waals surface area contributed by atoms with Crippen LogP contribution in [-0.4, -0.2) is 42.8 Å². The molecule has 6 rings (SSSR count). The van der Waals surface area contributed by atoms with Crippen molar-refractivity contribution in [3.05, 3.63) is 71.9 Å². The fourth-order valence-electron chi connectivity index (χ4n) is 3.24. The molecule has 0 aromatic rings. The van der Waals surface area contributed by atoms with Crippen LogP contribution in [0.2, 0.25) is 0 Å². The Kier molecular flexibility index (Phi) is 8.97. The molecule has 4 heterocycles. The van der Waals surface area contributed by atoms with Crippen LogP contribution in [0.3, 0.4) is 0 Å². The Morgan fingerprint density at radius 1 is 0.871 bits per heavy atom. The Labute approximate surface area is 184 Å². The number of allylic oxidation sites excluding steroid dienone is 4. The fraction of sp³-hybridized carbons (Fsp3) is 0.364. The molecule has 168 valence electrons. The topological polar surface area (TPSA) is 133 Å². The summed E-state index contributed by atoms with van der Waals surface area (Å²) in [7, 11) is -1.34. The van der Waals surface area contributed by atoms with E-state index in [0.29, 0.717) is 0 Å². The maximum absolute atomic E-state index is 8.60. The number of rotatable bonds is 0. The first-order valence-electron chi connectivity index (χ1n) is 9.55. The Morgan fingerprint density at radius 2 is 1.45 bits per heavy atom. The predicted octanol–water partition coefficient (Wildman–Crippen LogP) is 0.0800. The second kappa shape index (κ2) is 11.2. The van der Waals surface area contributed by atoms with Gasteiger partial charge in [-0.3, -0.25) is 0 Å². The van der Waals surface area contributed by atoms with Crippen molar-refractivity contribution in [3.63, 3.8) is 0 Å². The molecule has 2 aliphatic carbocycles.